The zero-order valence-electron chi connectivity index (χ0n) is 18.6. The highest BCUT2D eigenvalue weighted by molar-refractivity contribution is 8.18. The molecule has 0 aromatic heterocycles. The first-order valence-electron chi connectivity index (χ1n) is 10.5. The maximum Gasteiger partial charge on any atom is 0.293 e. The molecule has 0 bridgehead atoms. The molecule has 4 rings (SSSR count). The molecule has 37 heavy (non-hydrogen) atoms. The lowest BCUT2D eigenvalue weighted by atomic mass is 10.1. The zero-order chi connectivity index (χ0) is 26.7. The van der Waals surface area contributed by atoms with E-state index in [-0.39, 0.29) is 45.2 Å². The zero-order valence-corrected chi connectivity index (χ0v) is 21.0. The van der Waals surface area contributed by atoms with Gasteiger partial charge in [-0.2, -0.15) is 0 Å². The Labute approximate surface area is 223 Å². The number of ether oxygens (including phenoxy) is 1. The number of hydrogen-bond donors (Lipinski definition) is 0. The van der Waals surface area contributed by atoms with Gasteiger partial charge in [0.15, 0.2) is 5.75 Å². The van der Waals surface area contributed by atoms with Crippen LogP contribution in [0.15, 0.2) is 65.6 Å². The van der Waals surface area contributed by atoms with Crippen molar-refractivity contribution in [1.82, 2.24) is 4.90 Å². The van der Waals surface area contributed by atoms with Gasteiger partial charge in [-0.25, -0.2) is 0 Å². The number of carbonyl (C=O) groups is 2. The van der Waals surface area contributed by atoms with E-state index in [1.165, 1.54) is 54.6 Å². The standard InChI is InChI=1S/C24H15Cl2N3O7S/c25-19-9-16(10-20(26)22(19)36-13-15-4-2-6-18(8-15)29(34)35)11-21-23(30)27(24(31)37-21)12-14-3-1-5-17(7-14)28(32)33/h1-11H,12-13H2/b21-11+. The Morgan fingerprint density at radius 3 is 2.05 bits per heavy atom. The van der Waals surface area contributed by atoms with Crippen molar-refractivity contribution in [3.05, 3.63) is 113 Å². The first-order chi connectivity index (χ1) is 17.6. The molecule has 0 unspecified atom stereocenters. The van der Waals surface area contributed by atoms with E-state index < -0.39 is 21.0 Å². The predicted octanol–water partition coefficient (Wildman–Crippen LogP) is 6.63. The number of nitrogens with zero attached hydrogens (tertiary/aromatic N) is 3. The molecule has 188 valence electrons. The first kappa shape index (κ1) is 26.1. The largest absolute Gasteiger partial charge is 0.486 e. The van der Waals surface area contributed by atoms with Crippen LogP contribution in [0, 0.1) is 20.2 Å². The van der Waals surface area contributed by atoms with E-state index in [1.807, 2.05) is 0 Å². The van der Waals surface area contributed by atoms with E-state index >= 15 is 0 Å². The van der Waals surface area contributed by atoms with Crippen LogP contribution in [0.4, 0.5) is 16.2 Å². The van der Waals surface area contributed by atoms with E-state index in [0.717, 1.165) is 16.7 Å². The molecule has 1 aliphatic rings. The Kier molecular flexibility index (Phi) is 7.77. The fourth-order valence-corrected chi connectivity index (χ4v) is 4.91. The molecule has 13 heteroatoms. The van der Waals surface area contributed by atoms with Gasteiger partial charge in [0.05, 0.1) is 31.3 Å². The summed E-state index contributed by atoms with van der Waals surface area (Å²) in [6.07, 6.45) is 1.46. The van der Waals surface area contributed by atoms with Crippen LogP contribution < -0.4 is 4.74 Å². The fourth-order valence-electron chi connectivity index (χ4n) is 3.45. The van der Waals surface area contributed by atoms with Crippen LogP contribution in [0.1, 0.15) is 16.7 Å². The summed E-state index contributed by atoms with van der Waals surface area (Å²) in [6.45, 7) is -0.132. The maximum atomic E-state index is 12.9. The van der Waals surface area contributed by atoms with E-state index in [4.69, 9.17) is 27.9 Å². The minimum absolute atomic E-state index is 0.0169. The molecule has 1 heterocycles. The van der Waals surface area contributed by atoms with Crippen LogP contribution in [0.2, 0.25) is 10.0 Å². The normalized spacial score (nSPS) is 14.3. The molecule has 1 fully saturated rings. The quantitative estimate of drug-likeness (QED) is 0.170. The Balaban J connectivity index is 1.49. The van der Waals surface area contributed by atoms with Crippen molar-refractivity contribution in [3.63, 3.8) is 0 Å². The first-order valence-corrected chi connectivity index (χ1v) is 12.0. The van der Waals surface area contributed by atoms with Crippen LogP contribution in [0.3, 0.4) is 0 Å². The smallest absolute Gasteiger partial charge is 0.293 e. The summed E-state index contributed by atoms with van der Waals surface area (Å²) in [5.41, 5.74) is 1.21. The lowest BCUT2D eigenvalue weighted by molar-refractivity contribution is -0.385. The Hall–Kier alpha value is -3.93. The number of imide groups is 1. The van der Waals surface area contributed by atoms with Crippen molar-refractivity contribution in [3.8, 4) is 5.75 Å². The van der Waals surface area contributed by atoms with Crippen molar-refractivity contribution in [1.29, 1.82) is 0 Å². The molecule has 0 saturated carbocycles. The fraction of sp³-hybridized carbons (Fsp3) is 0.0833. The van der Waals surface area contributed by atoms with Crippen molar-refractivity contribution in [2.75, 3.05) is 0 Å². The molecule has 0 spiro atoms. The average Bonchev–Trinajstić information content (AvgIpc) is 3.11. The van der Waals surface area contributed by atoms with Crippen molar-refractivity contribution < 1.29 is 24.2 Å². The number of halogens is 2. The van der Waals surface area contributed by atoms with Gasteiger partial charge in [0.25, 0.3) is 22.5 Å². The number of benzene rings is 3. The highest BCUT2D eigenvalue weighted by Crippen LogP contribution is 2.38. The van der Waals surface area contributed by atoms with Gasteiger partial charge in [-0.1, -0.05) is 47.5 Å². The molecule has 1 saturated heterocycles. The number of thioether (sulfide) groups is 1. The summed E-state index contributed by atoms with van der Waals surface area (Å²) < 4.78 is 5.67. The van der Waals surface area contributed by atoms with Crippen molar-refractivity contribution in [2.24, 2.45) is 0 Å². The Morgan fingerprint density at radius 1 is 0.892 bits per heavy atom. The molecular weight excluding hydrogens is 545 g/mol. The van der Waals surface area contributed by atoms with E-state index in [0.29, 0.717) is 16.7 Å². The monoisotopic (exact) mass is 559 g/mol. The van der Waals surface area contributed by atoms with Crippen LogP contribution in [0.5, 0.6) is 5.75 Å². The number of hydrogen-bond acceptors (Lipinski definition) is 8. The molecule has 10 nitrogen and oxygen atoms in total. The number of non-ortho nitro benzene ring substituents is 2. The molecule has 0 radical (unpaired) electrons. The third-order valence-corrected chi connectivity index (χ3v) is 6.63. The molecule has 0 aliphatic carbocycles. The summed E-state index contributed by atoms with van der Waals surface area (Å²) in [4.78, 5) is 47.3. The summed E-state index contributed by atoms with van der Waals surface area (Å²) in [5, 5.41) is 21.7. The van der Waals surface area contributed by atoms with Gasteiger partial charge in [0.1, 0.15) is 6.61 Å². The minimum Gasteiger partial charge on any atom is -0.486 e. The lowest BCUT2D eigenvalue weighted by Crippen LogP contribution is -2.27. The van der Waals surface area contributed by atoms with Gasteiger partial charge >= 0.3 is 0 Å². The second kappa shape index (κ2) is 11.0. The van der Waals surface area contributed by atoms with Crippen molar-refractivity contribution in [2.45, 2.75) is 13.2 Å². The van der Waals surface area contributed by atoms with Crippen LogP contribution >= 0.6 is 35.0 Å². The van der Waals surface area contributed by atoms with Gasteiger partial charge in [0.2, 0.25) is 0 Å². The molecular formula is C24H15Cl2N3O7S. The summed E-state index contributed by atoms with van der Waals surface area (Å²) >= 11 is 13.4. The minimum atomic E-state index is -0.556. The van der Waals surface area contributed by atoms with Gasteiger partial charge < -0.3 is 4.74 Å². The molecule has 0 N–H and O–H groups in total. The SMILES string of the molecule is O=C1S/C(=C/c2cc(Cl)c(OCc3cccc([N+](=O)[O-])c3)c(Cl)c2)C(=O)N1Cc1cccc([N+](=O)[O-])c1. The third kappa shape index (κ3) is 6.08. The summed E-state index contributed by atoms with van der Waals surface area (Å²) in [7, 11) is 0. The Bertz CT molecular complexity index is 1460. The molecule has 1 aliphatic heterocycles. The molecule has 3 aromatic carbocycles. The summed E-state index contributed by atoms with van der Waals surface area (Å²) in [6, 6.07) is 14.6. The third-order valence-electron chi connectivity index (χ3n) is 5.16. The van der Waals surface area contributed by atoms with Crippen LogP contribution in [0.25, 0.3) is 6.08 Å². The number of carbonyl (C=O) groups excluding carboxylic acids is 2. The second-order valence-corrected chi connectivity index (χ2v) is 9.53. The number of nitro benzene ring substituents is 2. The molecule has 0 atom stereocenters. The molecule has 2 amide bonds. The van der Waals surface area contributed by atoms with E-state index in [1.54, 1.807) is 12.1 Å². The van der Waals surface area contributed by atoms with Crippen LogP contribution in [-0.2, 0) is 17.9 Å². The summed E-state index contributed by atoms with van der Waals surface area (Å²) in [5.74, 6) is -0.398. The maximum absolute atomic E-state index is 12.9. The average molecular weight is 560 g/mol. The highest BCUT2D eigenvalue weighted by Gasteiger charge is 2.35. The topological polar surface area (TPSA) is 133 Å². The Morgan fingerprint density at radius 2 is 1.46 bits per heavy atom. The molecule has 3 aromatic rings. The highest BCUT2D eigenvalue weighted by atomic mass is 35.5. The predicted molar refractivity (Wildman–Crippen MR) is 139 cm³/mol. The van der Waals surface area contributed by atoms with Gasteiger partial charge in [-0.05, 0) is 46.7 Å². The second-order valence-electron chi connectivity index (χ2n) is 7.72. The number of rotatable bonds is 8. The van der Waals surface area contributed by atoms with Crippen LogP contribution in [-0.4, -0.2) is 25.9 Å². The van der Waals surface area contributed by atoms with Gasteiger partial charge in [-0.15, -0.1) is 0 Å². The van der Waals surface area contributed by atoms with Gasteiger partial charge in [-0.3, -0.25) is 34.7 Å². The number of amides is 2. The number of nitro groups is 2. The van der Waals surface area contributed by atoms with E-state index in [9.17, 15) is 29.8 Å². The van der Waals surface area contributed by atoms with Crippen molar-refractivity contribution >= 4 is 63.6 Å². The van der Waals surface area contributed by atoms with Gasteiger partial charge in [0, 0.05) is 24.3 Å². The lowest BCUT2D eigenvalue weighted by Gasteiger charge is -2.12. The van der Waals surface area contributed by atoms with E-state index in [2.05, 4.69) is 0 Å².